The quantitative estimate of drug-likeness (QED) is 0.832. The van der Waals surface area contributed by atoms with Crippen LogP contribution < -0.4 is 14.2 Å². The summed E-state index contributed by atoms with van der Waals surface area (Å²) < 4.78 is 29.4. The van der Waals surface area contributed by atoms with E-state index in [2.05, 4.69) is 0 Å². The van der Waals surface area contributed by atoms with Crippen molar-refractivity contribution in [3.63, 3.8) is 0 Å². The standard InChI is InChI=1S/C16H17FO3/c1-11-4-6-13(9-14(11)17)20-10-12-5-7-15(18-2)16(8-12)19-3/h4-9H,10H2,1-3H3. The zero-order valence-corrected chi connectivity index (χ0v) is 11.8. The summed E-state index contributed by atoms with van der Waals surface area (Å²) in [7, 11) is 3.17. The zero-order valence-electron chi connectivity index (χ0n) is 11.8. The Labute approximate surface area is 117 Å². The van der Waals surface area contributed by atoms with Crippen LogP contribution in [0.4, 0.5) is 4.39 Å². The molecule has 0 saturated carbocycles. The second-order valence-electron chi connectivity index (χ2n) is 4.39. The summed E-state index contributed by atoms with van der Waals surface area (Å²) in [5.41, 5.74) is 1.52. The van der Waals surface area contributed by atoms with Crippen molar-refractivity contribution >= 4 is 0 Å². The fourth-order valence-corrected chi connectivity index (χ4v) is 1.80. The van der Waals surface area contributed by atoms with Crippen LogP contribution in [0, 0.1) is 12.7 Å². The van der Waals surface area contributed by atoms with Gasteiger partial charge in [-0.1, -0.05) is 12.1 Å². The first-order valence-corrected chi connectivity index (χ1v) is 6.24. The van der Waals surface area contributed by atoms with Gasteiger partial charge in [-0.25, -0.2) is 4.39 Å². The average molecular weight is 276 g/mol. The predicted molar refractivity (Wildman–Crippen MR) is 75.0 cm³/mol. The van der Waals surface area contributed by atoms with E-state index >= 15 is 0 Å². The highest BCUT2D eigenvalue weighted by Gasteiger charge is 2.06. The Balaban J connectivity index is 2.08. The third kappa shape index (κ3) is 3.20. The molecule has 0 aromatic heterocycles. The minimum Gasteiger partial charge on any atom is -0.493 e. The molecular weight excluding hydrogens is 259 g/mol. The van der Waals surface area contributed by atoms with Gasteiger partial charge in [-0.3, -0.25) is 0 Å². The Kier molecular flexibility index (Phi) is 4.45. The van der Waals surface area contributed by atoms with Crippen LogP contribution in [0.2, 0.25) is 0 Å². The van der Waals surface area contributed by atoms with Gasteiger partial charge in [0, 0.05) is 6.07 Å². The molecule has 3 nitrogen and oxygen atoms in total. The van der Waals surface area contributed by atoms with Crippen molar-refractivity contribution in [2.75, 3.05) is 14.2 Å². The first-order chi connectivity index (χ1) is 9.63. The fourth-order valence-electron chi connectivity index (χ4n) is 1.80. The van der Waals surface area contributed by atoms with Crippen LogP contribution in [0.25, 0.3) is 0 Å². The van der Waals surface area contributed by atoms with Crippen molar-refractivity contribution in [2.24, 2.45) is 0 Å². The summed E-state index contributed by atoms with van der Waals surface area (Å²) >= 11 is 0. The summed E-state index contributed by atoms with van der Waals surface area (Å²) in [6, 6.07) is 10.4. The average Bonchev–Trinajstić information content (AvgIpc) is 2.48. The van der Waals surface area contributed by atoms with Crippen LogP contribution in [-0.2, 0) is 6.61 Å². The van der Waals surface area contributed by atoms with E-state index in [1.54, 1.807) is 33.3 Å². The van der Waals surface area contributed by atoms with Gasteiger partial charge in [-0.15, -0.1) is 0 Å². The summed E-state index contributed by atoms with van der Waals surface area (Å²) in [6.07, 6.45) is 0. The molecule has 0 N–H and O–H groups in total. The molecule has 4 heteroatoms. The van der Waals surface area contributed by atoms with Gasteiger partial charge in [0.05, 0.1) is 14.2 Å². The zero-order chi connectivity index (χ0) is 14.5. The smallest absolute Gasteiger partial charge is 0.161 e. The summed E-state index contributed by atoms with van der Waals surface area (Å²) in [5.74, 6) is 1.54. The maximum Gasteiger partial charge on any atom is 0.161 e. The normalized spacial score (nSPS) is 10.2. The molecule has 2 aromatic rings. The second-order valence-corrected chi connectivity index (χ2v) is 4.39. The molecule has 106 valence electrons. The Morgan fingerprint density at radius 2 is 1.70 bits per heavy atom. The number of hydrogen-bond donors (Lipinski definition) is 0. The molecule has 0 aliphatic carbocycles. The number of hydrogen-bond acceptors (Lipinski definition) is 3. The Morgan fingerprint density at radius 1 is 0.950 bits per heavy atom. The first-order valence-electron chi connectivity index (χ1n) is 6.24. The van der Waals surface area contributed by atoms with Crippen molar-refractivity contribution in [1.82, 2.24) is 0 Å². The van der Waals surface area contributed by atoms with Crippen LogP contribution in [0.1, 0.15) is 11.1 Å². The molecule has 20 heavy (non-hydrogen) atoms. The summed E-state index contributed by atoms with van der Waals surface area (Å²) in [4.78, 5) is 0. The first kappa shape index (κ1) is 14.2. The molecule has 0 radical (unpaired) electrons. The number of halogens is 1. The van der Waals surface area contributed by atoms with Gasteiger partial charge in [0.15, 0.2) is 11.5 Å². The Hall–Kier alpha value is -2.23. The van der Waals surface area contributed by atoms with Gasteiger partial charge >= 0.3 is 0 Å². The van der Waals surface area contributed by atoms with Crippen molar-refractivity contribution in [2.45, 2.75) is 13.5 Å². The SMILES string of the molecule is COc1ccc(COc2ccc(C)c(F)c2)cc1OC. The number of rotatable bonds is 5. The van der Waals surface area contributed by atoms with E-state index in [4.69, 9.17) is 14.2 Å². The molecule has 0 aliphatic rings. The third-order valence-electron chi connectivity index (χ3n) is 3.00. The lowest BCUT2D eigenvalue weighted by atomic mass is 10.2. The Morgan fingerprint density at radius 3 is 2.35 bits per heavy atom. The molecule has 0 heterocycles. The van der Waals surface area contributed by atoms with Crippen molar-refractivity contribution in [3.05, 3.63) is 53.3 Å². The molecule has 0 saturated heterocycles. The van der Waals surface area contributed by atoms with Gasteiger partial charge < -0.3 is 14.2 Å². The van der Waals surface area contributed by atoms with E-state index in [1.165, 1.54) is 6.07 Å². The van der Waals surface area contributed by atoms with Crippen LogP contribution >= 0.6 is 0 Å². The molecule has 0 fully saturated rings. The number of ether oxygens (including phenoxy) is 3. The molecule has 0 amide bonds. The van der Waals surface area contributed by atoms with E-state index in [0.717, 1.165) is 5.56 Å². The highest BCUT2D eigenvalue weighted by atomic mass is 19.1. The number of aryl methyl sites for hydroxylation is 1. The maximum atomic E-state index is 13.4. The highest BCUT2D eigenvalue weighted by Crippen LogP contribution is 2.28. The molecule has 2 aromatic carbocycles. The fraction of sp³-hybridized carbons (Fsp3) is 0.250. The molecule has 0 spiro atoms. The molecular formula is C16H17FO3. The van der Waals surface area contributed by atoms with Crippen LogP contribution in [0.3, 0.4) is 0 Å². The van der Waals surface area contributed by atoms with E-state index < -0.39 is 0 Å². The van der Waals surface area contributed by atoms with E-state index in [1.807, 2.05) is 18.2 Å². The van der Waals surface area contributed by atoms with Crippen LogP contribution in [0.15, 0.2) is 36.4 Å². The lowest BCUT2D eigenvalue weighted by Gasteiger charge is -2.11. The molecule has 0 atom stereocenters. The number of methoxy groups -OCH3 is 2. The van der Waals surface area contributed by atoms with Gasteiger partial charge in [0.2, 0.25) is 0 Å². The molecule has 2 rings (SSSR count). The lowest BCUT2D eigenvalue weighted by molar-refractivity contribution is 0.302. The van der Waals surface area contributed by atoms with E-state index in [9.17, 15) is 4.39 Å². The molecule has 0 bridgehead atoms. The monoisotopic (exact) mass is 276 g/mol. The van der Waals surface area contributed by atoms with Crippen molar-refractivity contribution < 1.29 is 18.6 Å². The van der Waals surface area contributed by atoms with Crippen molar-refractivity contribution in [1.29, 1.82) is 0 Å². The van der Waals surface area contributed by atoms with Gasteiger partial charge in [-0.05, 0) is 36.2 Å². The summed E-state index contributed by atoms with van der Waals surface area (Å²) in [6.45, 7) is 2.05. The van der Waals surface area contributed by atoms with E-state index in [0.29, 0.717) is 29.4 Å². The summed E-state index contributed by atoms with van der Waals surface area (Å²) in [5, 5.41) is 0. The predicted octanol–water partition coefficient (Wildman–Crippen LogP) is 3.73. The molecule has 0 aliphatic heterocycles. The van der Waals surface area contributed by atoms with Gasteiger partial charge in [0.1, 0.15) is 18.2 Å². The molecule has 0 unspecified atom stereocenters. The van der Waals surface area contributed by atoms with E-state index in [-0.39, 0.29) is 5.82 Å². The van der Waals surface area contributed by atoms with Crippen LogP contribution in [0.5, 0.6) is 17.2 Å². The highest BCUT2D eigenvalue weighted by molar-refractivity contribution is 5.42. The second kappa shape index (κ2) is 6.28. The van der Waals surface area contributed by atoms with Crippen LogP contribution in [-0.4, -0.2) is 14.2 Å². The third-order valence-corrected chi connectivity index (χ3v) is 3.00. The largest absolute Gasteiger partial charge is 0.493 e. The Bertz CT molecular complexity index is 596. The van der Waals surface area contributed by atoms with Gasteiger partial charge in [0.25, 0.3) is 0 Å². The topological polar surface area (TPSA) is 27.7 Å². The number of benzene rings is 2. The minimum absolute atomic E-state index is 0.269. The van der Waals surface area contributed by atoms with Gasteiger partial charge in [-0.2, -0.15) is 0 Å². The maximum absolute atomic E-state index is 13.4. The lowest BCUT2D eigenvalue weighted by Crippen LogP contribution is -1.98. The minimum atomic E-state index is -0.269. The van der Waals surface area contributed by atoms with Crippen molar-refractivity contribution in [3.8, 4) is 17.2 Å².